The van der Waals surface area contributed by atoms with Gasteiger partial charge in [-0.2, -0.15) is 0 Å². The molecule has 126 valence electrons. The Bertz CT molecular complexity index is 760. The Morgan fingerprint density at radius 2 is 2.04 bits per heavy atom. The number of aromatic hydroxyl groups is 1. The largest absolute Gasteiger partial charge is 0.504 e. The number of carbonyl (C=O) groups excluding carboxylic acids is 1. The zero-order valence-corrected chi connectivity index (χ0v) is 14.1. The summed E-state index contributed by atoms with van der Waals surface area (Å²) in [5.74, 6) is 0.485. The molecule has 1 aliphatic heterocycles. The van der Waals surface area contributed by atoms with E-state index in [1.807, 2.05) is 42.2 Å². The van der Waals surface area contributed by atoms with Crippen LogP contribution in [0.2, 0.25) is 0 Å². The maximum Gasteiger partial charge on any atom is 0.258 e. The molecule has 0 fully saturated rings. The first-order valence-electron chi connectivity index (χ1n) is 8.12. The Morgan fingerprint density at radius 1 is 1.29 bits per heavy atom. The number of para-hydroxylation sites is 1. The second-order valence-corrected chi connectivity index (χ2v) is 5.99. The molecule has 0 unspecified atom stereocenters. The van der Waals surface area contributed by atoms with Crippen LogP contribution in [0.25, 0.3) is 0 Å². The van der Waals surface area contributed by atoms with Crippen LogP contribution in [0.5, 0.6) is 11.5 Å². The Morgan fingerprint density at radius 3 is 2.75 bits per heavy atom. The van der Waals surface area contributed by atoms with Crippen LogP contribution in [0.15, 0.2) is 42.5 Å². The first-order chi connectivity index (χ1) is 11.6. The monoisotopic (exact) mass is 326 g/mol. The van der Waals surface area contributed by atoms with Crippen LogP contribution in [0.1, 0.15) is 42.4 Å². The lowest BCUT2D eigenvalue weighted by molar-refractivity contribution is 0.0593. The summed E-state index contributed by atoms with van der Waals surface area (Å²) in [6.45, 7) is 4.10. The second-order valence-electron chi connectivity index (χ2n) is 5.99. The van der Waals surface area contributed by atoms with E-state index >= 15 is 0 Å². The third-order valence-corrected chi connectivity index (χ3v) is 4.55. The molecule has 1 heterocycles. The molecule has 0 bridgehead atoms. The van der Waals surface area contributed by atoms with Gasteiger partial charge in [-0.1, -0.05) is 25.1 Å². The van der Waals surface area contributed by atoms with Gasteiger partial charge in [0.15, 0.2) is 11.5 Å². The number of nitrogens with zero attached hydrogens (tertiary/aromatic N) is 1. The minimum Gasteiger partial charge on any atom is -0.504 e. The van der Waals surface area contributed by atoms with Gasteiger partial charge in [0.05, 0.1) is 12.7 Å². The maximum atomic E-state index is 13.0. The zero-order chi connectivity index (χ0) is 17.3. The van der Waals surface area contributed by atoms with Crippen LogP contribution >= 0.6 is 0 Å². The van der Waals surface area contributed by atoms with Gasteiger partial charge in [-0.05, 0) is 43.2 Å². The molecule has 5 nitrogen and oxygen atoms in total. The maximum absolute atomic E-state index is 13.0. The zero-order valence-electron chi connectivity index (χ0n) is 14.1. The highest BCUT2D eigenvalue weighted by Gasteiger charge is 2.35. The Kier molecular flexibility index (Phi) is 4.34. The number of benzene rings is 2. The Labute approximate surface area is 141 Å². The number of fused-ring (bicyclic) bond motifs is 1. The number of anilines is 1. The minimum absolute atomic E-state index is 0.00995. The van der Waals surface area contributed by atoms with Crippen molar-refractivity contribution in [3.05, 3.63) is 53.6 Å². The van der Waals surface area contributed by atoms with Gasteiger partial charge >= 0.3 is 0 Å². The SMILES string of the molecule is CC[C@H](C)N1C(=O)c2ccccc2N[C@H]1c1ccc(O)c(OC)c1. The number of hydrogen-bond donors (Lipinski definition) is 2. The number of ether oxygens (including phenoxy) is 1. The molecule has 0 saturated carbocycles. The molecule has 2 atom stereocenters. The number of amides is 1. The molecule has 2 aromatic rings. The van der Waals surface area contributed by atoms with Crippen LogP contribution in [0, 0.1) is 0 Å². The molecular weight excluding hydrogens is 304 g/mol. The van der Waals surface area contributed by atoms with Gasteiger partial charge in [0.25, 0.3) is 5.91 Å². The van der Waals surface area contributed by atoms with E-state index < -0.39 is 0 Å². The molecule has 2 N–H and O–H groups in total. The average molecular weight is 326 g/mol. The predicted molar refractivity (Wildman–Crippen MR) is 93.4 cm³/mol. The lowest BCUT2D eigenvalue weighted by atomic mass is 10.0. The number of carbonyl (C=O) groups is 1. The van der Waals surface area contributed by atoms with Crippen molar-refractivity contribution in [1.29, 1.82) is 0 Å². The number of hydrogen-bond acceptors (Lipinski definition) is 4. The first kappa shape index (κ1) is 16.2. The summed E-state index contributed by atoms with van der Waals surface area (Å²) in [4.78, 5) is 14.9. The van der Waals surface area contributed by atoms with Crippen molar-refractivity contribution in [3.8, 4) is 11.5 Å². The average Bonchev–Trinajstić information content (AvgIpc) is 2.61. The van der Waals surface area contributed by atoms with E-state index in [4.69, 9.17) is 4.74 Å². The molecule has 0 spiro atoms. The van der Waals surface area contributed by atoms with Crippen LogP contribution in [-0.2, 0) is 0 Å². The topological polar surface area (TPSA) is 61.8 Å². The molecule has 0 saturated heterocycles. The fourth-order valence-corrected chi connectivity index (χ4v) is 3.03. The van der Waals surface area contributed by atoms with E-state index in [1.54, 1.807) is 12.1 Å². The molecule has 0 aliphatic carbocycles. The molecule has 0 aromatic heterocycles. The third kappa shape index (κ3) is 2.66. The van der Waals surface area contributed by atoms with Gasteiger partial charge in [-0.3, -0.25) is 4.79 Å². The summed E-state index contributed by atoms with van der Waals surface area (Å²) in [7, 11) is 1.51. The van der Waals surface area contributed by atoms with Crippen molar-refractivity contribution in [2.24, 2.45) is 0 Å². The molecule has 1 amide bonds. The summed E-state index contributed by atoms with van der Waals surface area (Å²) in [6, 6.07) is 12.8. The standard InChI is InChI=1S/C19H22N2O3/c1-4-12(2)21-18(13-9-10-16(22)17(11-13)24-3)20-15-8-6-5-7-14(15)19(21)23/h5-12,18,20,22H,4H2,1-3H3/t12-,18+/m0/s1. The highest BCUT2D eigenvalue weighted by atomic mass is 16.5. The molecule has 2 aromatic carbocycles. The van der Waals surface area contributed by atoms with Crippen molar-refractivity contribution < 1.29 is 14.6 Å². The van der Waals surface area contributed by atoms with Crippen LogP contribution < -0.4 is 10.1 Å². The molecule has 24 heavy (non-hydrogen) atoms. The first-order valence-corrected chi connectivity index (χ1v) is 8.12. The van der Waals surface area contributed by atoms with Crippen LogP contribution in [0.4, 0.5) is 5.69 Å². The van der Waals surface area contributed by atoms with Crippen LogP contribution in [-0.4, -0.2) is 29.1 Å². The van der Waals surface area contributed by atoms with Crippen LogP contribution in [0.3, 0.4) is 0 Å². The lowest BCUT2D eigenvalue weighted by Crippen LogP contribution is -2.47. The van der Waals surface area contributed by atoms with Crippen molar-refractivity contribution in [2.45, 2.75) is 32.5 Å². The number of phenols is 1. The van der Waals surface area contributed by atoms with Crippen molar-refractivity contribution >= 4 is 11.6 Å². The summed E-state index contributed by atoms with van der Waals surface area (Å²) in [6.07, 6.45) is 0.540. The number of rotatable bonds is 4. The highest BCUT2D eigenvalue weighted by molar-refractivity contribution is 6.01. The number of phenolic OH excluding ortho intramolecular Hbond substituents is 1. The normalized spacial score (nSPS) is 17.9. The second kappa shape index (κ2) is 6.43. The van der Waals surface area contributed by atoms with E-state index in [9.17, 15) is 9.90 Å². The van der Waals surface area contributed by atoms with Gasteiger partial charge < -0.3 is 20.1 Å². The molecule has 5 heteroatoms. The van der Waals surface area contributed by atoms with E-state index in [0.717, 1.165) is 17.7 Å². The van der Waals surface area contributed by atoms with Crippen molar-refractivity contribution in [1.82, 2.24) is 4.90 Å². The predicted octanol–water partition coefficient (Wildman–Crippen LogP) is 3.77. The van der Waals surface area contributed by atoms with E-state index in [0.29, 0.717) is 11.3 Å². The lowest BCUT2D eigenvalue weighted by Gasteiger charge is -2.41. The fourth-order valence-electron chi connectivity index (χ4n) is 3.03. The summed E-state index contributed by atoms with van der Waals surface area (Å²) in [5.41, 5.74) is 2.37. The van der Waals surface area contributed by atoms with Gasteiger partial charge in [-0.25, -0.2) is 0 Å². The van der Waals surface area contributed by atoms with Gasteiger partial charge in [0.2, 0.25) is 0 Å². The Hall–Kier alpha value is -2.69. The summed E-state index contributed by atoms with van der Waals surface area (Å²) in [5, 5.41) is 13.3. The van der Waals surface area contributed by atoms with Gasteiger partial charge in [-0.15, -0.1) is 0 Å². The van der Waals surface area contributed by atoms with Crippen molar-refractivity contribution in [3.63, 3.8) is 0 Å². The third-order valence-electron chi connectivity index (χ3n) is 4.55. The van der Waals surface area contributed by atoms with E-state index in [-0.39, 0.29) is 23.9 Å². The fraction of sp³-hybridized carbons (Fsp3) is 0.316. The molecule has 0 radical (unpaired) electrons. The van der Waals surface area contributed by atoms with E-state index in [2.05, 4.69) is 12.2 Å². The van der Waals surface area contributed by atoms with Gasteiger partial charge in [0.1, 0.15) is 6.17 Å². The molecular formula is C19H22N2O3. The van der Waals surface area contributed by atoms with Gasteiger partial charge in [0, 0.05) is 11.7 Å². The number of methoxy groups -OCH3 is 1. The quantitative estimate of drug-likeness (QED) is 0.898. The summed E-state index contributed by atoms with van der Waals surface area (Å²) < 4.78 is 5.21. The summed E-state index contributed by atoms with van der Waals surface area (Å²) >= 11 is 0. The smallest absolute Gasteiger partial charge is 0.258 e. The van der Waals surface area contributed by atoms with Crippen molar-refractivity contribution in [2.75, 3.05) is 12.4 Å². The highest BCUT2D eigenvalue weighted by Crippen LogP contribution is 2.37. The number of nitrogens with one attached hydrogen (secondary N) is 1. The van der Waals surface area contributed by atoms with E-state index in [1.165, 1.54) is 7.11 Å². The Balaban J connectivity index is 2.09. The molecule has 3 rings (SSSR count). The minimum atomic E-state index is -0.308. The molecule has 1 aliphatic rings.